The molecule has 0 saturated heterocycles. The Morgan fingerprint density at radius 3 is 2.00 bits per heavy atom. The van der Waals surface area contributed by atoms with Gasteiger partial charge in [-0.3, -0.25) is 4.79 Å². The second-order valence-electron chi connectivity index (χ2n) is 1.51. The molecule has 0 heterocycles. The average molecular weight is 150 g/mol. The quantitative estimate of drug-likeness (QED) is 0.584. The van der Waals surface area contributed by atoms with E-state index in [9.17, 15) is 9.59 Å². The van der Waals surface area contributed by atoms with Gasteiger partial charge in [-0.15, -0.1) is 0 Å². The molecule has 0 spiro atoms. The molecule has 0 aliphatic rings. The molecule has 0 aromatic heterocycles. The van der Waals surface area contributed by atoms with Crippen molar-refractivity contribution < 1.29 is 19.8 Å². The first-order chi connectivity index (χ1) is 4.04. The molecule has 2 unspecified atom stereocenters. The highest BCUT2D eigenvalue weighted by molar-refractivity contribution is 7.58. The predicted molar refractivity (Wildman–Crippen MR) is 33.4 cm³/mol. The molecule has 2 N–H and O–H groups in total. The zero-order valence-electron chi connectivity index (χ0n) is 4.79. The summed E-state index contributed by atoms with van der Waals surface area (Å²) in [6, 6.07) is 0. The molecule has 0 fully saturated rings. The van der Waals surface area contributed by atoms with E-state index in [1.54, 1.807) is 0 Å². The van der Waals surface area contributed by atoms with Gasteiger partial charge < -0.3 is 10.2 Å². The third-order valence-corrected chi connectivity index (χ3v) is 1.64. The number of carboxylic acid groups (broad SMARTS) is 2. The van der Waals surface area contributed by atoms with E-state index in [1.807, 2.05) is 0 Å². The standard InChI is InChI=1S/C4H7O4P/c1-2(3(5)6)9-4(7)8/h2,9H,1H3,(H,5,6)(H,7,8). The van der Waals surface area contributed by atoms with Gasteiger partial charge in [0.1, 0.15) is 0 Å². The van der Waals surface area contributed by atoms with Crippen molar-refractivity contribution in [1.82, 2.24) is 0 Å². The van der Waals surface area contributed by atoms with Crippen molar-refractivity contribution in [1.29, 1.82) is 0 Å². The monoisotopic (exact) mass is 150 g/mol. The van der Waals surface area contributed by atoms with Crippen LogP contribution in [-0.2, 0) is 4.79 Å². The molecular weight excluding hydrogens is 143 g/mol. The summed E-state index contributed by atoms with van der Waals surface area (Å²) in [7, 11) is -0.540. The number of carboxylic acids is 1. The minimum atomic E-state index is -1.06. The summed E-state index contributed by atoms with van der Waals surface area (Å²) in [5.74, 6) is -1.06. The van der Waals surface area contributed by atoms with E-state index in [2.05, 4.69) is 0 Å². The third-order valence-electron chi connectivity index (χ3n) is 0.710. The molecule has 9 heavy (non-hydrogen) atoms. The predicted octanol–water partition coefficient (Wildman–Crippen LogP) is 0.816. The van der Waals surface area contributed by atoms with Gasteiger partial charge in [-0.05, 0) is 6.92 Å². The van der Waals surface area contributed by atoms with E-state index in [-0.39, 0.29) is 0 Å². The molecule has 0 saturated carbocycles. The van der Waals surface area contributed by atoms with E-state index in [1.165, 1.54) is 6.92 Å². The molecule has 0 bridgehead atoms. The van der Waals surface area contributed by atoms with E-state index in [0.717, 1.165) is 0 Å². The lowest BCUT2D eigenvalue weighted by Crippen LogP contribution is -2.11. The molecule has 52 valence electrons. The summed E-state index contributed by atoms with van der Waals surface area (Å²) in [6.07, 6.45) is 0. The van der Waals surface area contributed by atoms with Gasteiger partial charge in [-0.1, -0.05) is 0 Å². The summed E-state index contributed by atoms with van der Waals surface area (Å²) in [5, 5.41) is 16.3. The fourth-order valence-electron chi connectivity index (χ4n) is 0.247. The van der Waals surface area contributed by atoms with Crippen molar-refractivity contribution in [3.8, 4) is 0 Å². The Bertz CT molecular complexity index is 133. The highest BCUT2D eigenvalue weighted by Crippen LogP contribution is 2.18. The Morgan fingerprint density at radius 1 is 1.44 bits per heavy atom. The van der Waals surface area contributed by atoms with Gasteiger partial charge >= 0.3 is 11.7 Å². The van der Waals surface area contributed by atoms with Crippen molar-refractivity contribution in [3.63, 3.8) is 0 Å². The molecule has 5 heteroatoms. The van der Waals surface area contributed by atoms with Crippen LogP contribution < -0.4 is 0 Å². The molecule has 0 aliphatic heterocycles. The SMILES string of the molecule is CC(PC(=O)O)C(=O)O. The van der Waals surface area contributed by atoms with Gasteiger partial charge in [-0.2, -0.15) is 0 Å². The van der Waals surface area contributed by atoms with Crippen molar-refractivity contribution in [3.05, 3.63) is 0 Å². The van der Waals surface area contributed by atoms with Crippen LogP contribution in [0.25, 0.3) is 0 Å². The highest BCUT2D eigenvalue weighted by Gasteiger charge is 2.13. The number of carbonyl (C=O) groups is 2. The number of hydrogen-bond donors (Lipinski definition) is 2. The summed E-state index contributed by atoms with van der Waals surface area (Å²) < 4.78 is 0. The second kappa shape index (κ2) is 3.41. The normalized spacial score (nSPS) is 13.9. The Morgan fingerprint density at radius 2 is 1.89 bits per heavy atom. The van der Waals surface area contributed by atoms with Gasteiger partial charge in [0.2, 0.25) is 0 Å². The fourth-order valence-corrected chi connectivity index (χ4v) is 0.741. The highest BCUT2D eigenvalue weighted by atomic mass is 31.1. The molecule has 0 radical (unpaired) electrons. The van der Waals surface area contributed by atoms with Gasteiger partial charge in [0.25, 0.3) is 0 Å². The van der Waals surface area contributed by atoms with Crippen molar-refractivity contribution in [2.75, 3.05) is 0 Å². The fraction of sp³-hybridized carbons (Fsp3) is 0.500. The van der Waals surface area contributed by atoms with E-state index in [4.69, 9.17) is 10.2 Å². The first-order valence-corrected chi connectivity index (χ1v) is 3.34. The first-order valence-electron chi connectivity index (χ1n) is 2.26. The van der Waals surface area contributed by atoms with Crippen LogP contribution in [0, 0.1) is 0 Å². The molecule has 0 aromatic carbocycles. The lowest BCUT2D eigenvalue weighted by molar-refractivity contribution is -0.136. The van der Waals surface area contributed by atoms with Crippen LogP contribution in [-0.4, -0.2) is 27.6 Å². The van der Waals surface area contributed by atoms with Crippen LogP contribution in [0.4, 0.5) is 4.79 Å². The summed E-state index contributed by atoms with van der Waals surface area (Å²) in [5.41, 5.74) is -1.81. The molecule has 2 atom stereocenters. The zero-order chi connectivity index (χ0) is 7.44. The Labute approximate surface area is 53.7 Å². The summed E-state index contributed by atoms with van der Waals surface area (Å²) >= 11 is 0. The minimum Gasteiger partial charge on any atom is -0.481 e. The van der Waals surface area contributed by atoms with Crippen LogP contribution in [0.1, 0.15) is 6.92 Å². The maximum Gasteiger partial charge on any atom is 0.321 e. The molecule has 0 rings (SSSR count). The van der Waals surface area contributed by atoms with Crippen LogP contribution >= 0.6 is 8.58 Å². The summed E-state index contributed by atoms with van der Waals surface area (Å²) in [4.78, 5) is 19.8. The van der Waals surface area contributed by atoms with Crippen LogP contribution in [0.5, 0.6) is 0 Å². The Balaban J connectivity index is 3.63. The lowest BCUT2D eigenvalue weighted by Gasteiger charge is -1.98. The molecule has 0 aromatic rings. The van der Waals surface area contributed by atoms with Crippen molar-refractivity contribution in [2.45, 2.75) is 12.6 Å². The number of rotatable bonds is 3. The Kier molecular flexibility index (Phi) is 3.17. The minimum absolute atomic E-state index is 0.540. The molecule has 0 aliphatic carbocycles. The van der Waals surface area contributed by atoms with Gasteiger partial charge in [0.05, 0.1) is 5.66 Å². The Hall–Kier alpha value is -0.630. The van der Waals surface area contributed by atoms with Gasteiger partial charge in [0, 0.05) is 8.58 Å². The number of aliphatic carboxylic acids is 1. The van der Waals surface area contributed by atoms with Gasteiger partial charge in [-0.25, -0.2) is 4.79 Å². The molecule has 0 amide bonds. The average Bonchev–Trinajstić information content (AvgIpc) is 1.63. The van der Waals surface area contributed by atoms with Crippen LogP contribution in [0.15, 0.2) is 0 Å². The third kappa shape index (κ3) is 3.91. The van der Waals surface area contributed by atoms with E-state index < -0.39 is 25.9 Å². The largest absolute Gasteiger partial charge is 0.481 e. The maximum absolute atomic E-state index is 9.98. The van der Waals surface area contributed by atoms with E-state index >= 15 is 0 Å². The maximum atomic E-state index is 9.98. The van der Waals surface area contributed by atoms with Gasteiger partial charge in [0.15, 0.2) is 0 Å². The topological polar surface area (TPSA) is 74.6 Å². The summed E-state index contributed by atoms with van der Waals surface area (Å²) in [6.45, 7) is 1.37. The lowest BCUT2D eigenvalue weighted by atomic mass is 10.5. The smallest absolute Gasteiger partial charge is 0.321 e. The first kappa shape index (κ1) is 8.37. The van der Waals surface area contributed by atoms with Crippen LogP contribution in [0.2, 0.25) is 0 Å². The second-order valence-corrected chi connectivity index (χ2v) is 3.09. The van der Waals surface area contributed by atoms with E-state index in [0.29, 0.717) is 0 Å². The van der Waals surface area contributed by atoms with Crippen LogP contribution in [0.3, 0.4) is 0 Å². The van der Waals surface area contributed by atoms with Crippen molar-refractivity contribution >= 4 is 20.3 Å². The zero-order valence-corrected chi connectivity index (χ0v) is 5.79. The number of hydrogen-bond acceptors (Lipinski definition) is 2. The van der Waals surface area contributed by atoms with Crippen molar-refractivity contribution in [2.24, 2.45) is 0 Å². The molecular formula is C4H7O4P. The molecule has 4 nitrogen and oxygen atoms in total.